The fourth-order valence-electron chi connectivity index (χ4n) is 1.08. The lowest BCUT2D eigenvalue weighted by Crippen LogP contribution is -2.14. The molecular weight excluding hydrogens is 242 g/mol. The minimum Gasteiger partial charge on any atom is -0.477 e. The van der Waals surface area contributed by atoms with Crippen molar-refractivity contribution in [2.45, 2.75) is 25.0 Å². The summed E-state index contributed by atoms with van der Waals surface area (Å²) in [6.07, 6.45) is 3.61. The second-order valence-electron chi connectivity index (χ2n) is 3.54. The van der Waals surface area contributed by atoms with E-state index in [1.165, 1.54) is 12.1 Å². The fraction of sp³-hybridized carbons (Fsp3) is 0.273. The summed E-state index contributed by atoms with van der Waals surface area (Å²) in [5.41, 5.74) is 0.956. The zero-order chi connectivity index (χ0) is 12.9. The first-order chi connectivity index (χ1) is 7.89. The molecule has 1 heterocycles. The van der Waals surface area contributed by atoms with Crippen LogP contribution in [0.25, 0.3) is 0 Å². The molecule has 1 aliphatic rings. The Hall–Kier alpha value is -1.53. The summed E-state index contributed by atoms with van der Waals surface area (Å²) in [7, 11) is -4.02. The van der Waals surface area contributed by atoms with E-state index in [9.17, 15) is 8.42 Å². The smallest absolute Gasteiger partial charge is 0.294 e. The van der Waals surface area contributed by atoms with Crippen LogP contribution in [0, 0.1) is 6.92 Å². The molecule has 0 aromatic heterocycles. The van der Waals surface area contributed by atoms with E-state index in [4.69, 9.17) is 9.29 Å². The van der Waals surface area contributed by atoms with Crippen molar-refractivity contribution in [1.82, 2.24) is 5.32 Å². The lowest BCUT2D eigenvalue weighted by molar-refractivity contribution is 0.171. The van der Waals surface area contributed by atoms with Gasteiger partial charge in [0.05, 0.1) is 4.90 Å². The van der Waals surface area contributed by atoms with Crippen molar-refractivity contribution in [2.75, 3.05) is 0 Å². The van der Waals surface area contributed by atoms with Crippen molar-refractivity contribution in [1.29, 1.82) is 0 Å². The van der Waals surface area contributed by atoms with Crippen LogP contribution < -0.4 is 5.32 Å². The molecular formula is C11H15NO4S. The van der Waals surface area contributed by atoms with Gasteiger partial charge in [0, 0.05) is 6.20 Å². The van der Waals surface area contributed by atoms with Crippen LogP contribution in [0.4, 0.5) is 0 Å². The van der Waals surface area contributed by atoms with Gasteiger partial charge in [0.1, 0.15) is 6.26 Å². The van der Waals surface area contributed by atoms with Crippen LogP contribution in [-0.4, -0.2) is 19.2 Å². The standard InChI is InChI=1S/C7H8O3S.C4H7NO/c1-6-2-4-7(5-3-6)11(8,9)10;1-4-5-2-3-6-4/h2-5H,1H3,(H,8,9,10);2-5H,1H3/t;4-/m.1/s1. The van der Waals surface area contributed by atoms with Crippen LogP contribution in [0.5, 0.6) is 0 Å². The van der Waals surface area contributed by atoms with Crippen molar-refractivity contribution in [3.8, 4) is 0 Å². The lowest BCUT2D eigenvalue weighted by atomic mass is 10.2. The Morgan fingerprint density at radius 1 is 1.29 bits per heavy atom. The third-order valence-electron chi connectivity index (χ3n) is 2.00. The van der Waals surface area contributed by atoms with Crippen molar-refractivity contribution in [2.24, 2.45) is 0 Å². The Bertz CT molecular complexity index is 471. The van der Waals surface area contributed by atoms with E-state index in [1.54, 1.807) is 24.6 Å². The van der Waals surface area contributed by atoms with Crippen LogP contribution in [0.1, 0.15) is 12.5 Å². The van der Waals surface area contributed by atoms with Gasteiger partial charge in [-0.2, -0.15) is 8.42 Å². The molecule has 0 unspecified atom stereocenters. The third-order valence-corrected chi connectivity index (χ3v) is 2.87. The van der Waals surface area contributed by atoms with Crippen LogP contribution in [0.3, 0.4) is 0 Å². The quantitative estimate of drug-likeness (QED) is 0.748. The SMILES string of the molecule is C[C@@H]1NC=CO1.Cc1ccc(S(=O)(=O)O)cc1. The summed E-state index contributed by atoms with van der Waals surface area (Å²) in [6.45, 7) is 3.79. The number of nitrogens with one attached hydrogen (secondary N) is 1. The van der Waals surface area contributed by atoms with E-state index < -0.39 is 10.1 Å². The summed E-state index contributed by atoms with van der Waals surface area (Å²) in [4.78, 5) is -0.0666. The second-order valence-corrected chi connectivity index (χ2v) is 4.96. The number of hydrogen-bond acceptors (Lipinski definition) is 4. The van der Waals surface area contributed by atoms with E-state index >= 15 is 0 Å². The van der Waals surface area contributed by atoms with Crippen LogP contribution in [0.15, 0.2) is 41.6 Å². The molecule has 0 radical (unpaired) electrons. The average molecular weight is 257 g/mol. The van der Waals surface area contributed by atoms with E-state index in [2.05, 4.69) is 5.32 Å². The van der Waals surface area contributed by atoms with Crippen molar-refractivity contribution < 1.29 is 17.7 Å². The highest BCUT2D eigenvalue weighted by Gasteiger charge is 2.06. The van der Waals surface area contributed by atoms with Crippen molar-refractivity contribution in [3.05, 3.63) is 42.3 Å². The molecule has 1 atom stereocenters. The van der Waals surface area contributed by atoms with Crippen molar-refractivity contribution >= 4 is 10.1 Å². The van der Waals surface area contributed by atoms with Gasteiger partial charge in [-0.25, -0.2) is 0 Å². The summed E-state index contributed by atoms with van der Waals surface area (Å²) in [6, 6.07) is 5.99. The molecule has 6 heteroatoms. The number of aryl methyl sites for hydroxylation is 1. The van der Waals surface area contributed by atoms with E-state index in [0.29, 0.717) is 0 Å². The molecule has 1 aromatic carbocycles. The zero-order valence-electron chi connectivity index (χ0n) is 9.62. The van der Waals surface area contributed by atoms with Crippen LogP contribution in [0.2, 0.25) is 0 Å². The molecule has 0 amide bonds. The van der Waals surface area contributed by atoms with Gasteiger partial charge in [0.15, 0.2) is 6.23 Å². The van der Waals surface area contributed by atoms with Gasteiger partial charge in [-0.3, -0.25) is 4.55 Å². The summed E-state index contributed by atoms with van der Waals surface area (Å²) < 4.78 is 34.4. The molecule has 2 N–H and O–H groups in total. The molecule has 0 bridgehead atoms. The largest absolute Gasteiger partial charge is 0.477 e. The average Bonchev–Trinajstić information content (AvgIpc) is 2.69. The predicted molar refractivity (Wildman–Crippen MR) is 63.8 cm³/mol. The first-order valence-corrected chi connectivity index (χ1v) is 6.44. The first kappa shape index (κ1) is 13.5. The Balaban J connectivity index is 0.000000202. The Kier molecular flexibility index (Phi) is 4.53. The molecule has 0 aliphatic carbocycles. The summed E-state index contributed by atoms with van der Waals surface area (Å²) in [5, 5.41) is 2.92. The van der Waals surface area contributed by atoms with Gasteiger partial charge in [-0.05, 0) is 26.0 Å². The fourth-order valence-corrected chi connectivity index (χ4v) is 1.56. The van der Waals surface area contributed by atoms with Crippen molar-refractivity contribution in [3.63, 3.8) is 0 Å². The van der Waals surface area contributed by atoms with Gasteiger partial charge in [0.2, 0.25) is 0 Å². The molecule has 2 rings (SSSR count). The Morgan fingerprint density at radius 3 is 2.18 bits per heavy atom. The topological polar surface area (TPSA) is 75.6 Å². The Morgan fingerprint density at radius 2 is 1.88 bits per heavy atom. The number of rotatable bonds is 1. The molecule has 94 valence electrons. The monoisotopic (exact) mass is 257 g/mol. The minimum atomic E-state index is -4.02. The molecule has 1 aromatic rings. The predicted octanol–water partition coefficient (Wildman–Crippen LogP) is 1.67. The number of ether oxygens (including phenoxy) is 1. The maximum absolute atomic E-state index is 10.5. The maximum atomic E-state index is 10.5. The minimum absolute atomic E-state index is 0.0666. The highest BCUT2D eigenvalue weighted by atomic mass is 32.2. The normalized spacial score (nSPS) is 17.7. The van der Waals surface area contributed by atoms with Gasteiger partial charge in [-0.15, -0.1) is 0 Å². The number of hydrogen-bond donors (Lipinski definition) is 2. The molecule has 17 heavy (non-hydrogen) atoms. The van der Waals surface area contributed by atoms with E-state index in [1.807, 2.05) is 13.8 Å². The number of benzene rings is 1. The van der Waals surface area contributed by atoms with Gasteiger partial charge in [0.25, 0.3) is 10.1 Å². The molecule has 0 fully saturated rings. The van der Waals surface area contributed by atoms with E-state index in [-0.39, 0.29) is 11.1 Å². The first-order valence-electron chi connectivity index (χ1n) is 5.00. The molecule has 0 spiro atoms. The Labute approximate surface area is 101 Å². The van der Waals surface area contributed by atoms with Gasteiger partial charge in [-0.1, -0.05) is 17.7 Å². The van der Waals surface area contributed by atoms with Crippen LogP contribution >= 0.6 is 0 Å². The maximum Gasteiger partial charge on any atom is 0.294 e. The van der Waals surface area contributed by atoms with Gasteiger partial charge >= 0.3 is 0 Å². The van der Waals surface area contributed by atoms with Crippen LogP contribution in [-0.2, 0) is 14.9 Å². The zero-order valence-corrected chi connectivity index (χ0v) is 10.4. The highest BCUT2D eigenvalue weighted by Crippen LogP contribution is 2.08. The molecule has 0 saturated heterocycles. The second kappa shape index (κ2) is 5.70. The molecule has 0 saturated carbocycles. The lowest BCUT2D eigenvalue weighted by Gasteiger charge is -1.99. The highest BCUT2D eigenvalue weighted by molar-refractivity contribution is 7.85. The molecule has 5 nitrogen and oxygen atoms in total. The van der Waals surface area contributed by atoms with Gasteiger partial charge < -0.3 is 10.1 Å². The summed E-state index contributed by atoms with van der Waals surface area (Å²) in [5.74, 6) is 0. The molecule has 1 aliphatic heterocycles. The third kappa shape index (κ3) is 4.88. The summed E-state index contributed by atoms with van der Waals surface area (Å²) >= 11 is 0. The van der Waals surface area contributed by atoms with E-state index in [0.717, 1.165) is 5.56 Å².